The standard InChI is InChI=1S/C27H28F2N4O2/c1-25(2,35)14-30-24(34)19-9-6-10-21(31-19)27-12-11-16(26(27,3)4)15-13-20(32-33-23(15)27)22-17(28)7-5-8-18(22)29/h5-10,13,16,35H,11-12,14H2,1-4H3,(H,30,34)/t16-,27-/m0/s1. The zero-order chi connectivity index (χ0) is 25.2. The molecular weight excluding hydrogens is 450 g/mol. The molecule has 0 spiro atoms. The summed E-state index contributed by atoms with van der Waals surface area (Å²) < 4.78 is 28.9. The fourth-order valence-electron chi connectivity index (χ4n) is 5.94. The first-order valence-electron chi connectivity index (χ1n) is 11.8. The number of fused-ring (bicyclic) bond motifs is 5. The van der Waals surface area contributed by atoms with Crippen molar-refractivity contribution >= 4 is 5.91 Å². The van der Waals surface area contributed by atoms with Gasteiger partial charge in [0, 0.05) is 6.54 Å². The van der Waals surface area contributed by atoms with Gasteiger partial charge in [0.15, 0.2) is 0 Å². The SMILES string of the molecule is CC(C)(O)CNC(=O)c1cccc([C@@]23CC[C@@H](c4cc(-c5c(F)cccc5F)nnc42)C3(C)C)n1. The number of hydrogen-bond acceptors (Lipinski definition) is 5. The molecule has 0 saturated heterocycles. The van der Waals surface area contributed by atoms with Gasteiger partial charge in [-0.25, -0.2) is 13.8 Å². The molecule has 2 aliphatic rings. The zero-order valence-electron chi connectivity index (χ0n) is 20.2. The van der Waals surface area contributed by atoms with Gasteiger partial charge in [-0.3, -0.25) is 4.79 Å². The van der Waals surface area contributed by atoms with Crippen LogP contribution in [0.3, 0.4) is 0 Å². The van der Waals surface area contributed by atoms with Crippen molar-refractivity contribution in [1.82, 2.24) is 20.5 Å². The Balaban J connectivity index is 1.59. The van der Waals surface area contributed by atoms with Gasteiger partial charge in [0.05, 0.1) is 33.7 Å². The third-order valence-electron chi connectivity index (χ3n) is 7.70. The molecule has 8 heteroatoms. The highest BCUT2D eigenvalue weighted by Gasteiger charge is 2.65. The first kappa shape index (κ1) is 23.5. The third-order valence-corrected chi connectivity index (χ3v) is 7.70. The molecule has 2 heterocycles. The maximum Gasteiger partial charge on any atom is 0.269 e. The number of rotatable bonds is 5. The van der Waals surface area contributed by atoms with E-state index in [-0.39, 0.29) is 40.7 Å². The topological polar surface area (TPSA) is 88.0 Å². The van der Waals surface area contributed by atoms with Crippen molar-refractivity contribution in [3.05, 3.63) is 76.7 Å². The van der Waals surface area contributed by atoms with Gasteiger partial charge in [0.25, 0.3) is 5.91 Å². The summed E-state index contributed by atoms with van der Waals surface area (Å²) in [6, 6.07) is 10.9. The number of pyridine rings is 1. The van der Waals surface area contributed by atoms with Crippen LogP contribution in [-0.4, -0.2) is 38.3 Å². The van der Waals surface area contributed by atoms with E-state index in [1.807, 2.05) is 6.07 Å². The maximum atomic E-state index is 14.5. The number of carbonyl (C=O) groups excluding carboxylic acids is 1. The molecule has 2 atom stereocenters. The Kier molecular flexibility index (Phi) is 5.29. The van der Waals surface area contributed by atoms with Crippen LogP contribution in [0, 0.1) is 17.0 Å². The minimum atomic E-state index is -1.04. The molecule has 1 saturated carbocycles. The van der Waals surface area contributed by atoms with Gasteiger partial charge in [-0.15, -0.1) is 5.10 Å². The lowest BCUT2D eigenvalue weighted by Crippen LogP contribution is -2.40. The molecule has 0 unspecified atom stereocenters. The molecule has 2 aromatic heterocycles. The number of carbonyl (C=O) groups is 1. The van der Waals surface area contributed by atoms with Crippen molar-refractivity contribution in [3.8, 4) is 11.3 Å². The number of aromatic nitrogens is 3. The Morgan fingerprint density at radius 2 is 1.83 bits per heavy atom. The Labute approximate surface area is 202 Å². The predicted octanol–water partition coefficient (Wildman–Crippen LogP) is 4.52. The lowest BCUT2D eigenvalue weighted by molar-refractivity contribution is 0.0691. The molecule has 2 aliphatic carbocycles. The second-order valence-corrected chi connectivity index (χ2v) is 10.8. The molecule has 1 amide bonds. The van der Waals surface area contributed by atoms with Gasteiger partial charge in [-0.2, -0.15) is 5.10 Å². The fraction of sp³-hybridized carbons (Fsp3) is 0.407. The van der Waals surface area contributed by atoms with Gasteiger partial charge in [-0.1, -0.05) is 26.0 Å². The second kappa shape index (κ2) is 7.88. The van der Waals surface area contributed by atoms with E-state index in [0.717, 1.165) is 29.8 Å². The third kappa shape index (κ3) is 3.54. The number of aliphatic hydroxyl groups is 1. The maximum absolute atomic E-state index is 14.5. The van der Waals surface area contributed by atoms with Gasteiger partial charge >= 0.3 is 0 Å². The van der Waals surface area contributed by atoms with E-state index >= 15 is 0 Å². The van der Waals surface area contributed by atoms with Gasteiger partial charge in [0.2, 0.25) is 0 Å². The Morgan fingerprint density at radius 3 is 2.51 bits per heavy atom. The minimum absolute atomic E-state index is 0.0974. The van der Waals surface area contributed by atoms with Crippen LogP contribution < -0.4 is 5.32 Å². The molecule has 2 bridgehead atoms. The van der Waals surface area contributed by atoms with E-state index in [0.29, 0.717) is 0 Å². The average Bonchev–Trinajstić information content (AvgIpc) is 3.18. The molecule has 2 N–H and O–H groups in total. The number of nitrogens with one attached hydrogen (secondary N) is 1. The van der Waals surface area contributed by atoms with Crippen LogP contribution >= 0.6 is 0 Å². The fourth-order valence-corrected chi connectivity index (χ4v) is 5.94. The van der Waals surface area contributed by atoms with E-state index in [2.05, 4.69) is 29.4 Å². The van der Waals surface area contributed by atoms with Crippen LogP contribution in [0.2, 0.25) is 0 Å². The highest BCUT2D eigenvalue weighted by molar-refractivity contribution is 5.92. The number of hydrogen-bond donors (Lipinski definition) is 2. The molecule has 6 nitrogen and oxygen atoms in total. The van der Waals surface area contributed by atoms with Crippen LogP contribution in [0.1, 0.15) is 73.9 Å². The second-order valence-electron chi connectivity index (χ2n) is 10.8. The molecular formula is C27H28F2N4O2. The Morgan fingerprint density at radius 1 is 1.14 bits per heavy atom. The normalized spacial score (nSPS) is 22.2. The Bertz CT molecular complexity index is 1310. The summed E-state index contributed by atoms with van der Waals surface area (Å²) in [7, 11) is 0. The number of amides is 1. The van der Waals surface area contributed by atoms with Crippen LogP contribution in [0.5, 0.6) is 0 Å². The van der Waals surface area contributed by atoms with Crippen LogP contribution in [0.25, 0.3) is 11.3 Å². The molecule has 0 aliphatic heterocycles. The van der Waals surface area contributed by atoms with E-state index in [1.165, 1.54) is 18.2 Å². The number of nitrogens with zero attached hydrogens (tertiary/aromatic N) is 3. The zero-order valence-corrected chi connectivity index (χ0v) is 20.2. The predicted molar refractivity (Wildman–Crippen MR) is 127 cm³/mol. The van der Waals surface area contributed by atoms with Crippen molar-refractivity contribution in [2.75, 3.05) is 6.54 Å². The molecule has 182 valence electrons. The molecule has 0 radical (unpaired) electrons. The van der Waals surface area contributed by atoms with Crippen LogP contribution in [-0.2, 0) is 5.41 Å². The van der Waals surface area contributed by atoms with Gasteiger partial charge in [-0.05, 0) is 73.9 Å². The summed E-state index contributed by atoms with van der Waals surface area (Å²) in [5, 5.41) is 21.4. The molecule has 35 heavy (non-hydrogen) atoms. The van der Waals surface area contributed by atoms with E-state index in [9.17, 15) is 18.7 Å². The van der Waals surface area contributed by atoms with E-state index < -0.39 is 22.7 Å². The summed E-state index contributed by atoms with van der Waals surface area (Å²) in [6.45, 7) is 7.64. The molecule has 1 fully saturated rings. The van der Waals surface area contributed by atoms with Crippen molar-refractivity contribution in [2.45, 2.75) is 57.5 Å². The van der Waals surface area contributed by atoms with Crippen molar-refractivity contribution in [3.63, 3.8) is 0 Å². The van der Waals surface area contributed by atoms with E-state index in [1.54, 1.807) is 32.0 Å². The van der Waals surface area contributed by atoms with Crippen molar-refractivity contribution < 1.29 is 18.7 Å². The summed E-state index contributed by atoms with van der Waals surface area (Å²) in [5.41, 5.74) is 0.720. The quantitative estimate of drug-likeness (QED) is 0.563. The highest BCUT2D eigenvalue weighted by Crippen LogP contribution is 2.69. The largest absolute Gasteiger partial charge is 0.389 e. The number of benzene rings is 1. The summed E-state index contributed by atoms with van der Waals surface area (Å²) in [4.78, 5) is 17.5. The van der Waals surface area contributed by atoms with Gasteiger partial charge < -0.3 is 10.4 Å². The number of halogens is 2. The highest BCUT2D eigenvalue weighted by atomic mass is 19.1. The van der Waals surface area contributed by atoms with Gasteiger partial charge in [0.1, 0.15) is 17.3 Å². The minimum Gasteiger partial charge on any atom is -0.389 e. The molecule has 1 aromatic carbocycles. The molecule has 5 rings (SSSR count). The average molecular weight is 479 g/mol. The lowest BCUT2D eigenvalue weighted by atomic mass is 9.66. The summed E-state index contributed by atoms with van der Waals surface area (Å²) >= 11 is 0. The first-order chi connectivity index (χ1) is 16.5. The van der Waals surface area contributed by atoms with Crippen LogP contribution in [0.4, 0.5) is 8.78 Å². The van der Waals surface area contributed by atoms with E-state index in [4.69, 9.17) is 4.98 Å². The lowest BCUT2D eigenvalue weighted by Gasteiger charge is -2.37. The Hall–Kier alpha value is -3.26. The smallest absolute Gasteiger partial charge is 0.269 e. The molecule has 3 aromatic rings. The summed E-state index contributed by atoms with van der Waals surface area (Å²) in [6.07, 6.45) is 1.64. The monoisotopic (exact) mass is 478 g/mol. The van der Waals surface area contributed by atoms with Crippen molar-refractivity contribution in [2.24, 2.45) is 5.41 Å². The first-order valence-corrected chi connectivity index (χ1v) is 11.8. The summed E-state index contributed by atoms with van der Waals surface area (Å²) in [5.74, 6) is -1.62. The van der Waals surface area contributed by atoms with Crippen molar-refractivity contribution in [1.29, 1.82) is 0 Å². The van der Waals surface area contributed by atoms with Crippen LogP contribution in [0.15, 0.2) is 42.5 Å².